The minimum Gasteiger partial charge on any atom is -0.361 e. The number of benzene rings is 2. The molecule has 0 spiro atoms. The predicted octanol–water partition coefficient (Wildman–Crippen LogP) is 3.47. The first-order chi connectivity index (χ1) is 14.8. The third-order valence-electron chi connectivity index (χ3n) is 4.88. The maximum absolute atomic E-state index is 13.5. The normalized spacial score (nSPS) is 12.1. The number of nitrogens with one attached hydrogen (secondary N) is 3. The van der Waals surface area contributed by atoms with Crippen molar-refractivity contribution in [2.75, 3.05) is 27.2 Å². The molecule has 0 bridgehead atoms. The molecule has 0 unspecified atom stereocenters. The van der Waals surface area contributed by atoms with Crippen LogP contribution in [-0.4, -0.2) is 50.9 Å². The Labute approximate surface area is 205 Å². The number of hydrogen-bond acceptors (Lipinski definition) is 3. The van der Waals surface area contributed by atoms with Crippen LogP contribution in [0.4, 0.5) is 4.39 Å². The molecule has 0 fully saturated rings. The van der Waals surface area contributed by atoms with Gasteiger partial charge in [0.1, 0.15) is 5.82 Å². The number of halogens is 2. The van der Waals surface area contributed by atoms with E-state index in [4.69, 9.17) is 0 Å². The average molecular weight is 573 g/mol. The maximum atomic E-state index is 13.5. The lowest BCUT2D eigenvalue weighted by Gasteiger charge is -2.12. The number of fused-ring (bicyclic) bond motifs is 1. The lowest BCUT2D eigenvalue weighted by Crippen LogP contribution is -2.38. The highest BCUT2D eigenvalue weighted by Crippen LogP contribution is 2.19. The Morgan fingerprint density at radius 3 is 2.50 bits per heavy atom. The molecule has 32 heavy (non-hydrogen) atoms. The van der Waals surface area contributed by atoms with Gasteiger partial charge in [0.05, 0.1) is 11.4 Å². The quantitative estimate of drug-likeness (QED) is 0.219. The molecule has 0 saturated heterocycles. The van der Waals surface area contributed by atoms with E-state index in [1.165, 1.54) is 24.5 Å². The van der Waals surface area contributed by atoms with Gasteiger partial charge >= 0.3 is 0 Å². The van der Waals surface area contributed by atoms with Gasteiger partial charge in [-0.25, -0.2) is 22.1 Å². The van der Waals surface area contributed by atoms with Crippen molar-refractivity contribution in [2.24, 2.45) is 4.99 Å². The molecular weight excluding hydrogens is 544 g/mol. The fourth-order valence-corrected chi connectivity index (χ4v) is 4.06. The molecule has 174 valence electrons. The van der Waals surface area contributed by atoms with Crippen LogP contribution in [0.2, 0.25) is 0 Å². The van der Waals surface area contributed by atoms with E-state index in [1.54, 1.807) is 36.4 Å². The number of guanidine groups is 1. The number of aliphatic imine (C=N–C) groups is 1. The van der Waals surface area contributed by atoms with Crippen molar-refractivity contribution in [2.45, 2.75) is 24.8 Å². The number of aromatic nitrogens is 1. The summed E-state index contributed by atoms with van der Waals surface area (Å²) < 4.78 is 39.1. The van der Waals surface area contributed by atoms with E-state index >= 15 is 0 Å². The Morgan fingerprint density at radius 1 is 1.12 bits per heavy atom. The first-order valence-electron chi connectivity index (χ1n) is 10.1. The summed E-state index contributed by atoms with van der Waals surface area (Å²) in [5, 5.41) is 7.37. The molecule has 1 aromatic heterocycles. The molecule has 0 amide bonds. The Balaban J connectivity index is 0.00000363. The van der Waals surface area contributed by atoms with Gasteiger partial charge in [0.2, 0.25) is 10.0 Å². The zero-order valence-electron chi connectivity index (χ0n) is 18.4. The second kappa shape index (κ2) is 11.6. The molecule has 0 radical (unpaired) electrons. The largest absolute Gasteiger partial charge is 0.361 e. The van der Waals surface area contributed by atoms with E-state index < -0.39 is 10.0 Å². The van der Waals surface area contributed by atoms with E-state index in [-0.39, 0.29) is 34.7 Å². The second-order valence-electron chi connectivity index (χ2n) is 7.31. The van der Waals surface area contributed by atoms with Crippen LogP contribution in [0.3, 0.4) is 0 Å². The topological polar surface area (TPSA) is 89.6 Å². The second-order valence-corrected chi connectivity index (χ2v) is 9.46. The van der Waals surface area contributed by atoms with Crippen LogP contribution in [-0.2, 0) is 23.0 Å². The van der Waals surface area contributed by atoms with Gasteiger partial charge in [0.25, 0.3) is 0 Å². The monoisotopic (exact) mass is 573 g/mol. The van der Waals surface area contributed by atoms with Gasteiger partial charge in [0.15, 0.2) is 5.96 Å². The number of sulfonamides is 1. The van der Waals surface area contributed by atoms with Crippen LogP contribution in [0.5, 0.6) is 0 Å². The molecule has 0 saturated carbocycles. The highest BCUT2D eigenvalue weighted by Gasteiger charge is 2.16. The van der Waals surface area contributed by atoms with Gasteiger partial charge in [-0.1, -0.05) is 12.1 Å². The first-order valence-corrected chi connectivity index (χ1v) is 11.5. The molecular formula is C22H29FIN5O2S. The molecule has 0 aliphatic carbocycles. The minimum absolute atomic E-state index is 0. The van der Waals surface area contributed by atoms with Gasteiger partial charge in [0, 0.05) is 44.3 Å². The highest BCUT2D eigenvalue weighted by atomic mass is 127. The zero-order valence-corrected chi connectivity index (χ0v) is 21.5. The molecule has 10 heteroatoms. The van der Waals surface area contributed by atoms with Crippen molar-refractivity contribution in [3.63, 3.8) is 0 Å². The van der Waals surface area contributed by atoms with Gasteiger partial charge in [-0.15, -0.1) is 24.0 Å². The van der Waals surface area contributed by atoms with Gasteiger partial charge in [-0.2, -0.15) is 0 Å². The SMILES string of the molecule is CCNC(=NCc1ccc(S(=O)(=O)N(C)C)cc1)NCCc1c[nH]c2ccc(F)cc12.I. The van der Waals surface area contributed by atoms with Crippen molar-refractivity contribution in [1.29, 1.82) is 0 Å². The van der Waals surface area contributed by atoms with Crippen LogP contribution >= 0.6 is 24.0 Å². The number of hydrogen-bond donors (Lipinski definition) is 3. The Bertz CT molecular complexity index is 1160. The Kier molecular flexibility index (Phi) is 9.47. The molecule has 7 nitrogen and oxygen atoms in total. The molecule has 1 heterocycles. The Morgan fingerprint density at radius 2 is 1.84 bits per heavy atom. The summed E-state index contributed by atoms with van der Waals surface area (Å²) in [5.74, 6) is 0.416. The summed E-state index contributed by atoms with van der Waals surface area (Å²) in [7, 11) is -0.422. The number of H-pyrrole nitrogens is 1. The Hall–Kier alpha value is -2.18. The fraction of sp³-hybridized carbons (Fsp3) is 0.318. The maximum Gasteiger partial charge on any atom is 0.242 e. The van der Waals surface area contributed by atoms with Gasteiger partial charge in [-0.05, 0) is 54.8 Å². The van der Waals surface area contributed by atoms with Crippen molar-refractivity contribution in [1.82, 2.24) is 19.9 Å². The first kappa shape index (κ1) is 26.1. The summed E-state index contributed by atoms with van der Waals surface area (Å²) in [5.41, 5.74) is 2.86. The standard InChI is InChI=1S/C22H28FN5O2S.HI/c1-4-24-22(25-12-11-17-15-26-21-10-7-18(23)13-20(17)21)27-14-16-5-8-19(9-6-16)31(29,30)28(2)3;/h5-10,13,15,26H,4,11-12,14H2,1-3H3,(H2,24,25,27);1H. The van der Waals surface area contributed by atoms with E-state index in [2.05, 4.69) is 20.6 Å². The van der Waals surface area contributed by atoms with E-state index in [0.29, 0.717) is 32.0 Å². The fourth-order valence-electron chi connectivity index (χ4n) is 3.16. The lowest BCUT2D eigenvalue weighted by atomic mass is 10.1. The highest BCUT2D eigenvalue weighted by molar-refractivity contribution is 14.0. The van der Waals surface area contributed by atoms with Gasteiger partial charge < -0.3 is 15.6 Å². The lowest BCUT2D eigenvalue weighted by molar-refractivity contribution is 0.520. The van der Waals surface area contributed by atoms with Crippen molar-refractivity contribution in [3.8, 4) is 0 Å². The number of aromatic amines is 1. The average Bonchev–Trinajstić information content (AvgIpc) is 3.14. The molecule has 3 N–H and O–H groups in total. The van der Waals surface area contributed by atoms with Crippen LogP contribution in [0.1, 0.15) is 18.1 Å². The van der Waals surface area contributed by atoms with Crippen LogP contribution < -0.4 is 10.6 Å². The van der Waals surface area contributed by atoms with Crippen molar-refractivity contribution >= 4 is 50.9 Å². The van der Waals surface area contributed by atoms with Crippen LogP contribution in [0.15, 0.2) is 58.5 Å². The predicted molar refractivity (Wildman–Crippen MR) is 138 cm³/mol. The van der Waals surface area contributed by atoms with E-state index in [1.807, 2.05) is 13.1 Å². The molecule has 0 aliphatic rings. The van der Waals surface area contributed by atoms with Gasteiger partial charge in [-0.3, -0.25) is 0 Å². The molecule has 0 aliphatic heterocycles. The van der Waals surface area contributed by atoms with E-state index in [9.17, 15) is 12.8 Å². The number of rotatable bonds is 8. The molecule has 0 atom stereocenters. The smallest absolute Gasteiger partial charge is 0.242 e. The molecule has 3 rings (SSSR count). The minimum atomic E-state index is -3.44. The van der Waals surface area contributed by atoms with Crippen LogP contribution in [0.25, 0.3) is 10.9 Å². The molecule has 3 aromatic rings. The van der Waals surface area contributed by atoms with E-state index in [0.717, 1.165) is 22.0 Å². The van der Waals surface area contributed by atoms with Crippen molar-refractivity contribution < 1.29 is 12.8 Å². The third kappa shape index (κ3) is 6.42. The zero-order chi connectivity index (χ0) is 22.4. The summed E-state index contributed by atoms with van der Waals surface area (Å²) in [6.45, 7) is 3.75. The summed E-state index contributed by atoms with van der Waals surface area (Å²) in [6, 6.07) is 11.4. The summed E-state index contributed by atoms with van der Waals surface area (Å²) in [6.07, 6.45) is 2.62. The summed E-state index contributed by atoms with van der Waals surface area (Å²) >= 11 is 0. The molecule has 2 aromatic carbocycles. The third-order valence-corrected chi connectivity index (χ3v) is 6.71. The van der Waals surface area contributed by atoms with Crippen LogP contribution in [0, 0.1) is 5.82 Å². The summed E-state index contributed by atoms with van der Waals surface area (Å²) in [4.78, 5) is 7.99. The number of nitrogens with zero attached hydrogens (tertiary/aromatic N) is 2. The van der Waals surface area contributed by atoms with Crippen molar-refractivity contribution in [3.05, 3.63) is 65.6 Å².